The fourth-order valence-electron chi connectivity index (χ4n) is 5.71. The summed E-state index contributed by atoms with van der Waals surface area (Å²) in [6, 6.07) is 27.4. The highest BCUT2D eigenvalue weighted by Gasteiger charge is 2.32. The van der Waals surface area contributed by atoms with E-state index in [-0.39, 0.29) is 17.2 Å². The molecule has 0 radical (unpaired) electrons. The monoisotopic (exact) mass is 626 g/mol. The predicted octanol–water partition coefficient (Wildman–Crippen LogP) is 6.69. The van der Waals surface area contributed by atoms with Gasteiger partial charge >= 0.3 is 6.18 Å². The van der Waals surface area contributed by atoms with Crippen LogP contribution in [0.5, 0.6) is 5.75 Å². The Hall–Kier alpha value is -4.93. The Kier molecular flexibility index (Phi) is 9.18. The second-order valence-electron chi connectivity index (χ2n) is 11.2. The third-order valence-corrected chi connectivity index (χ3v) is 8.16. The molecule has 5 aromatic rings. The molecule has 46 heavy (non-hydrogen) atoms. The maximum Gasteiger partial charge on any atom is 0.416 e. The van der Waals surface area contributed by atoms with Crippen LogP contribution in [0.4, 0.5) is 13.2 Å². The van der Waals surface area contributed by atoms with Crippen LogP contribution in [-0.4, -0.2) is 33.8 Å². The van der Waals surface area contributed by atoms with E-state index >= 15 is 0 Å². The largest absolute Gasteiger partial charge is 0.492 e. The summed E-state index contributed by atoms with van der Waals surface area (Å²) < 4.78 is 47.8. The first kappa shape index (κ1) is 31.1. The number of rotatable bonds is 10. The molecule has 1 aromatic heterocycles. The van der Waals surface area contributed by atoms with Gasteiger partial charge in [0.2, 0.25) is 0 Å². The lowest BCUT2D eigenvalue weighted by Crippen LogP contribution is -2.33. The molecule has 2 heterocycles. The molecular weight excluding hydrogens is 593 g/mol. The van der Waals surface area contributed by atoms with Crippen molar-refractivity contribution in [2.24, 2.45) is 0 Å². The zero-order chi connectivity index (χ0) is 32.1. The first-order valence-corrected chi connectivity index (χ1v) is 15.0. The molecule has 2 unspecified atom stereocenters. The minimum Gasteiger partial charge on any atom is -0.492 e. The Morgan fingerprint density at radius 2 is 1.74 bits per heavy atom. The Morgan fingerprint density at radius 1 is 0.978 bits per heavy atom. The number of carbonyl (C=O) groups is 1. The highest BCUT2D eigenvalue weighted by atomic mass is 19.4. The number of nitrogens with one attached hydrogen (secondary N) is 2. The van der Waals surface area contributed by atoms with Crippen molar-refractivity contribution < 1.29 is 27.8 Å². The lowest BCUT2D eigenvalue weighted by molar-refractivity contribution is -0.137. The van der Waals surface area contributed by atoms with E-state index in [1.165, 1.54) is 17.7 Å². The molecule has 3 N–H and O–H groups in total. The molecule has 2 atom stereocenters. The molecule has 1 amide bonds. The number of alkyl halides is 3. The summed E-state index contributed by atoms with van der Waals surface area (Å²) in [7, 11) is 0. The minimum atomic E-state index is -4.54. The van der Waals surface area contributed by atoms with E-state index in [9.17, 15) is 23.1 Å². The predicted molar refractivity (Wildman–Crippen MR) is 168 cm³/mol. The Labute approximate surface area is 264 Å². The number of para-hydroxylation sites is 1. The molecule has 6 rings (SSSR count). The molecule has 236 valence electrons. The second-order valence-corrected chi connectivity index (χ2v) is 11.2. The normalized spacial score (nSPS) is 15.1. The van der Waals surface area contributed by atoms with Crippen molar-refractivity contribution in [2.75, 3.05) is 13.2 Å². The number of nitrogens with zero attached hydrogens (tertiary/aromatic N) is 2. The van der Waals surface area contributed by atoms with E-state index in [1.807, 2.05) is 36.8 Å². The molecule has 7 nitrogen and oxygen atoms in total. The molecule has 0 spiro atoms. The van der Waals surface area contributed by atoms with Gasteiger partial charge in [-0.05, 0) is 40.5 Å². The summed E-state index contributed by atoms with van der Waals surface area (Å²) >= 11 is 0. The molecule has 0 bridgehead atoms. The minimum absolute atomic E-state index is 0.109. The van der Waals surface area contributed by atoms with Crippen LogP contribution in [0, 0.1) is 0 Å². The number of fused-ring (bicyclic) bond motifs is 1. The summed E-state index contributed by atoms with van der Waals surface area (Å²) in [6.45, 7) is 1.00. The molecule has 0 saturated carbocycles. The molecule has 0 fully saturated rings. The van der Waals surface area contributed by atoms with Crippen LogP contribution in [0.15, 0.2) is 110 Å². The van der Waals surface area contributed by atoms with E-state index in [2.05, 4.69) is 56.6 Å². The van der Waals surface area contributed by atoms with E-state index in [0.29, 0.717) is 31.9 Å². The van der Waals surface area contributed by atoms with Crippen molar-refractivity contribution in [1.29, 1.82) is 0 Å². The molecule has 0 saturated heterocycles. The fourth-order valence-corrected chi connectivity index (χ4v) is 5.71. The lowest BCUT2D eigenvalue weighted by Gasteiger charge is -2.29. The average molecular weight is 627 g/mol. The lowest BCUT2D eigenvalue weighted by atomic mass is 9.96. The zero-order valence-corrected chi connectivity index (χ0v) is 24.9. The Morgan fingerprint density at radius 3 is 2.50 bits per heavy atom. The molecule has 1 aliphatic rings. The Bertz CT molecular complexity index is 1790. The SMILES string of the molecule is O=C(NC(CO)c1cccc(C(F)(F)F)c1)c1cccc2c1OCCC2NCc1cncn1Cc1ccc(-c2ccccc2)cc1. The van der Waals surface area contributed by atoms with Gasteiger partial charge in [0.25, 0.3) is 5.91 Å². The number of aliphatic hydroxyl groups excluding tert-OH is 1. The number of halogens is 3. The van der Waals surface area contributed by atoms with Crippen molar-refractivity contribution in [3.8, 4) is 16.9 Å². The van der Waals surface area contributed by atoms with E-state index in [1.54, 1.807) is 12.1 Å². The van der Waals surface area contributed by atoms with Gasteiger partial charge in [-0.2, -0.15) is 13.2 Å². The molecule has 1 aliphatic heterocycles. The van der Waals surface area contributed by atoms with Crippen LogP contribution in [0.25, 0.3) is 11.1 Å². The van der Waals surface area contributed by atoms with E-state index < -0.39 is 30.3 Å². The van der Waals surface area contributed by atoms with Crippen LogP contribution in [0.3, 0.4) is 0 Å². The van der Waals surface area contributed by atoms with Gasteiger partial charge in [0.15, 0.2) is 0 Å². The summed E-state index contributed by atoms with van der Waals surface area (Å²) in [5.41, 5.74) is 4.83. The smallest absolute Gasteiger partial charge is 0.416 e. The maximum absolute atomic E-state index is 13.4. The highest BCUT2D eigenvalue weighted by Crippen LogP contribution is 2.36. The number of aliphatic hydroxyl groups is 1. The van der Waals surface area contributed by atoms with Crippen LogP contribution < -0.4 is 15.4 Å². The van der Waals surface area contributed by atoms with Crippen molar-refractivity contribution in [2.45, 2.75) is 37.8 Å². The van der Waals surface area contributed by atoms with E-state index in [4.69, 9.17) is 4.74 Å². The molecule has 0 aliphatic carbocycles. The van der Waals surface area contributed by atoms with Gasteiger partial charge in [0.05, 0.1) is 42.4 Å². The third kappa shape index (κ3) is 6.98. The number of hydrogen-bond donors (Lipinski definition) is 3. The van der Waals surface area contributed by atoms with Crippen LogP contribution >= 0.6 is 0 Å². The summed E-state index contributed by atoms with van der Waals surface area (Å²) in [5.74, 6) is -0.137. The molecule has 10 heteroatoms. The number of hydrogen-bond acceptors (Lipinski definition) is 5. The van der Waals surface area contributed by atoms with Crippen molar-refractivity contribution in [3.05, 3.63) is 143 Å². The summed E-state index contributed by atoms with van der Waals surface area (Å²) in [4.78, 5) is 17.7. The van der Waals surface area contributed by atoms with Crippen molar-refractivity contribution >= 4 is 5.91 Å². The van der Waals surface area contributed by atoms with E-state index in [0.717, 1.165) is 34.5 Å². The molecule has 4 aromatic carbocycles. The number of amides is 1. The van der Waals surface area contributed by atoms with Gasteiger partial charge in [-0.15, -0.1) is 0 Å². The van der Waals surface area contributed by atoms with Gasteiger partial charge in [-0.25, -0.2) is 4.98 Å². The Balaban J connectivity index is 1.13. The van der Waals surface area contributed by atoms with Gasteiger partial charge in [-0.1, -0.05) is 78.9 Å². The topological polar surface area (TPSA) is 88.4 Å². The van der Waals surface area contributed by atoms with Crippen LogP contribution in [0.1, 0.15) is 56.8 Å². The van der Waals surface area contributed by atoms with Gasteiger partial charge in [-0.3, -0.25) is 4.79 Å². The standard InChI is InChI=1S/C36H33F3N4O3/c37-36(38,39)28-9-4-8-27(18-28)33(22-44)42-35(45)31-11-5-10-30-32(16-17-46-34(30)31)41-20-29-19-40-23-43(29)21-24-12-14-26(15-13-24)25-6-2-1-3-7-25/h1-15,18-19,23,32-33,41,44H,16-17,20-22H2,(H,42,45). The first-order valence-electron chi connectivity index (χ1n) is 15.0. The fraction of sp³-hybridized carbons (Fsp3) is 0.222. The van der Waals surface area contributed by atoms with Crippen molar-refractivity contribution in [1.82, 2.24) is 20.2 Å². The number of aromatic nitrogens is 2. The van der Waals surface area contributed by atoms with Gasteiger partial charge in [0.1, 0.15) is 5.75 Å². The highest BCUT2D eigenvalue weighted by molar-refractivity contribution is 5.97. The van der Waals surface area contributed by atoms with Crippen LogP contribution in [-0.2, 0) is 19.3 Å². The number of ether oxygens (including phenoxy) is 1. The second kappa shape index (κ2) is 13.6. The maximum atomic E-state index is 13.4. The number of carbonyl (C=O) groups excluding carboxylic acids is 1. The van der Waals surface area contributed by atoms with Gasteiger partial charge < -0.3 is 25.0 Å². The quantitative estimate of drug-likeness (QED) is 0.161. The molecular formula is C36H33F3N4O3. The van der Waals surface area contributed by atoms with Crippen molar-refractivity contribution in [3.63, 3.8) is 0 Å². The van der Waals surface area contributed by atoms with Crippen LogP contribution in [0.2, 0.25) is 0 Å². The summed E-state index contributed by atoms with van der Waals surface area (Å²) in [6.07, 6.45) is -0.223. The first-order chi connectivity index (χ1) is 22.3. The number of imidazole rings is 1. The number of benzene rings is 4. The van der Waals surface area contributed by atoms with Gasteiger partial charge in [0, 0.05) is 37.3 Å². The zero-order valence-electron chi connectivity index (χ0n) is 24.9. The summed E-state index contributed by atoms with van der Waals surface area (Å²) in [5, 5.41) is 16.2. The third-order valence-electron chi connectivity index (χ3n) is 8.16. The average Bonchev–Trinajstić information content (AvgIpc) is 3.52.